The van der Waals surface area contributed by atoms with Gasteiger partial charge in [-0.2, -0.15) is 0 Å². The van der Waals surface area contributed by atoms with Crippen LogP contribution in [0.15, 0.2) is 60.8 Å². The van der Waals surface area contributed by atoms with Crippen LogP contribution in [0.1, 0.15) is 271 Å². The van der Waals surface area contributed by atoms with E-state index in [9.17, 15) is 20.1 Å². The normalized spacial score (nSPS) is 13.8. The van der Waals surface area contributed by atoms with Gasteiger partial charge in [0.25, 0.3) is 0 Å². The van der Waals surface area contributed by atoms with Crippen LogP contribution in [0.5, 0.6) is 0 Å². The molecular weight excluding hydrogens is 763 g/mol. The number of carbonyl (C=O) groups is 1. The summed E-state index contributed by atoms with van der Waals surface area (Å²) in [5.41, 5.74) is 0. The molecule has 0 aliphatic heterocycles. The Bertz CT molecular complexity index is 1050. The number of hydrogen-bond acceptors (Lipinski definition) is 4. The fourth-order valence-electron chi connectivity index (χ4n) is 8.07. The molecule has 362 valence electrons. The number of unbranched alkanes of at least 4 members (excludes halogenated alkanes) is 33. The Kier molecular flexibility index (Phi) is 50.1. The second-order valence-corrected chi connectivity index (χ2v) is 18.4. The van der Waals surface area contributed by atoms with Gasteiger partial charge in [-0.15, -0.1) is 0 Å². The van der Waals surface area contributed by atoms with E-state index < -0.39 is 24.2 Å². The number of rotatable bonds is 49. The van der Waals surface area contributed by atoms with Crippen molar-refractivity contribution in [2.45, 2.75) is 289 Å². The van der Waals surface area contributed by atoms with Crippen molar-refractivity contribution >= 4 is 5.91 Å². The van der Waals surface area contributed by atoms with Crippen LogP contribution in [0.25, 0.3) is 0 Å². The fourth-order valence-corrected chi connectivity index (χ4v) is 8.07. The first-order valence-corrected chi connectivity index (χ1v) is 27.1. The van der Waals surface area contributed by atoms with Crippen LogP contribution in [-0.2, 0) is 4.79 Å². The van der Waals surface area contributed by atoms with Crippen molar-refractivity contribution in [3.63, 3.8) is 0 Å². The van der Waals surface area contributed by atoms with Crippen LogP contribution in [0.3, 0.4) is 0 Å². The van der Waals surface area contributed by atoms with Crippen LogP contribution < -0.4 is 5.32 Å². The van der Waals surface area contributed by atoms with E-state index in [1.165, 1.54) is 199 Å². The molecule has 62 heavy (non-hydrogen) atoms. The minimum absolute atomic E-state index is 0.382. The van der Waals surface area contributed by atoms with Crippen molar-refractivity contribution in [2.75, 3.05) is 6.61 Å². The smallest absolute Gasteiger partial charge is 0.249 e. The highest BCUT2D eigenvalue weighted by atomic mass is 16.3. The van der Waals surface area contributed by atoms with Gasteiger partial charge in [0.1, 0.15) is 6.10 Å². The van der Waals surface area contributed by atoms with Crippen LogP contribution in [-0.4, -0.2) is 46.1 Å². The molecule has 0 aromatic heterocycles. The molecule has 1 amide bonds. The number of aliphatic hydroxyl groups is 3. The van der Waals surface area contributed by atoms with Crippen LogP contribution in [0.2, 0.25) is 0 Å². The van der Waals surface area contributed by atoms with Crippen LogP contribution in [0.4, 0.5) is 0 Å². The zero-order chi connectivity index (χ0) is 45.1. The Morgan fingerprint density at radius 2 is 0.710 bits per heavy atom. The molecule has 5 nitrogen and oxygen atoms in total. The lowest BCUT2D eigenvalue weighted by Crippen LogP contribution is -2.48. The zero-order valence-electron chi connectivity index (χ0n) is 41.2. The SMILES string of the molecule is CCCCCCCCCC/C=C/CC/C=C/CC/C=C/C(O)C(CO)NC(=O)C(O)CCCCCCCCCCCCCCCC/C=C\C/C=C\CCCCCCCCCCC. The van der Waals surface area contributed by atoms with Crippen molar-refractivity contribution < 1.29 is 20.1 Å². The molecule has 0 spiro atoms. The van der Waals surface area contributed by atoms with E-state index in [1.807, 2.05) is 6.08 Å². The molecule has 0 aliphatic carbocycles. The van der Waals surface area contributed by atoms with Gasteiger partial charge < -0.3 is 20.6 Å². The van der Waals surface area contributed by atoms with E-state index in [-0.39, 0.29) is 6.61 Å². The van der Waals surface area contributed by atoms with Gasteiger partial charge >= 0.3 is 0 Å². The average Bonchev–Trinajstić information content (AvgIpc) is 3.28. The maximum Gasteiger partial charge on any atom is 0.249 e. The van der Waals surface area contributed by atoms with E-state index in [2.05, 4.69) is 67.8 Å². The monoisotopic (exact) mass is 868 g/mol. The van der Waals surface area contributed by atoms with Crippen molar-refractivity contribution in [2.24, 2.45) is 0 Å². The van der Waals surface area contributed by atoms with Gasteiger partial charge in [0.05, 0.1) is 18.8 Å². The average molecular weight is 868 g/mol. The summed E-state index contributed by atoms with van der Waals surface area (Å²) in [4.78, 5) is 12.5. The lowest BCUT2D eigenvalue weighted by Gasteiger charge is -2.21. The third-order valence-electron chi connectivity index (χ3n) is 12.3. The molecule has 5 heteroatoms. The summed E-state index contributed by atoms with van der Waals surface area (Å²) in [6, 6.07) is -0.823. The summed E-state index contributed by atoms with van der Waals surface area (Å²) in [5, 5.41) is 33.3. The number of aliphatic hydroxyl groups excluding tert-OH is 3. The first-order chi connectivity index (χ1) is 30.6. The van der Waals surface area contributed by atoms with Gasteiger partial charge in [-0.1, -0.05) is 254 Å². The summed E-state index contributed by atoms with van der Waals surface area (Å²) in [6.45, 7) is 4.17. The van der Waals surface area contributed by atoms with Gasteiger partial charge in [-0.3, -0.25) is 4.79 Å². The highest BCUT2D eigenvalue weighted by Gasteiger charge is 2.22. The van der Waals surface area contributed by atoms with Gasteiger partial charge in [0.15, 0.2) is 0 Å². The molecular formula is C57H105NO4. The largest absolute Gasteiger partial charge is 0.394 e. The van der Waals surface area contributed by atoms with Gasteiger partial charge in [-0.25, -0.2) is 0 Å². The molecule has 4 N–H and O–H groups in total. The maximum atomic E-state index is 12.5. The summed E-state index contributed by atoms with van der Waals surface area (Å²) in [6.07, 6.45) is 70.0. The lowest BCUT2D eigenvalue weighted by molar-refractivity contribution is -0.131. The molecule has 3 atom stereocenters. The first-order valence-electron chi connectivity index (χ1n) is 27.1. The first kappa shape index (κ1) is 60.1. The predicted octanol–water partition coefficient (Wildman–Crippen LogP) is 16.6. The minimum atomic E-state index is -1.11. The number of nitrogens with one attached hydrogen (secondary N) is 1. The van der Waals surface area contributed by atoms with Crippen molar-refractivity contribution in [3.05, 3.63) is 60.8 Å². The zero-order valence-corrected chi connectivity index (χ0v) is 41.2. The molecule has 0 radical (unpaired) electrons. The second kappa shape index (κ2) is 51.7. The molecule has 0 heterocycles. The fraction of sp³-hybridized carbons (Fsp3) is 0.807. The van der Waals surface area contributed by atoms with Gasteiger partial charge in [-0.05, 0) is 77.0 Å². The Hall–Kier alpha value is -1.95. The summed E-state index contributed by atoms with van der Waals surface area (Å²) < 4.78 is 0. The molecule has 0 fully saturated rings. The van der Waals surface area contributed by atoms with Crippen molar-refractivity contribution in [3.8, 4) is 0 Å². The Morgan fingerprint density at radius 3 is 1.08 bits per heavy atom. The number of carbonyl (C=O) groups excluding carboxylic acids is 1. The van der Waals surface area contributed by atoms with Crippen LogP contribution >= 0.6 is 0 Å². The van der Waals surface area contributed by atoms with E-state index in [4.69, 9.17) is 0 Å². The molecule has 0 aliphatic rings. The van der Waals surface area contributed by atoms with E-state index in [0.29, 0.717) is 6.42 Å². The van der Waals surface area contributed by atoms with Crippen LogP contribution in [0, 0.1) is 0 Å². The molecule has 0 rings (SSSR count). The predicted molar refractivity (Wildman–Crippen MR) is 273 cm³/mol. The summed E-state index contributed by atoms with van der Waals surface area (Å²) in [7, 11) is 0. The number of allylic oxidation sites excluding steroid dienone is 9. The Balaban J connectivity index is 3.63. The number of hydrogen-bond donors (Lipinski definition) is 4. The molecule has 0 saturated carbocycles. The quantitative estimate of drug-likeness (QED) is 0.0362. The van der Waals surface area contributed by atoms with E-state index in [0.717, 1.165) is 51.4 Å². The van der Waals surface area contributed by atoms with Gasteiger partial charge in [0, 0.05) is 0 Å². The highest BCUT2D eigenvalue weighted by Crippen LogP contribution is 2.16. The van der Waals surface area contributed by atoms with E-state index >= 15 is 0 Å². The summed E-state index contributed by atoms with van der Waals surface area (Å²) >= 11 is 0. The Morgan fingerprint density at radius 1 is 0.403 bits per heavy atom. The molecule has 3 unspecified atom stereocenters. The topological polar surface area (TPSA) is 89.8 Å². The van der Waals surface area contributed by atoms with Crippen molar-refractivity contribution in [1.29, 1.82) is 0 Å². The lowest BCUT2D eigenvalue weighted by atomic mass is 10.0. The third kappa shape index (κ3) is 46.1. The minimum Gasteiger partial charge on any atom is -0.394 e. The highest BCUT2D eigenvalue weighted by molar-refractivity contribution is 5.80. The second-order valence-electron chi connectivity index (χ2n) is 18.4. The van der Waals surface area contributed by atoms with Crippen molar-refractivity contribution in [1.82, 2.24) is 5.32 Å². The molecule has 0 bridgehead atoms. The molecule has 0 aromatic carbocycles. The maximum absolute atomic E-state index is 12.5. The molecule has 0 aromatic rings. The molecule has 0 saturated heterocycles. The third-order valence-corrected chi connectivity index (χ3v) is 12.3. The van der Waals surface area contributed by atoms with Gasteiger partial charge in [0.2, 0.25) is 5.91 Å². The summed E-state index contributed by atoms with van der Waals surface area (Å²) in [5.74, 6) is -0.517. The standard InChI is InChI=1S/C57H105NO4/c1-3-5-7-9-11-13-15-17-19-21-23-24-25-26-27-28-29-30-31-32-33-34-36-38-40-42-44-46-48-50-52-56(61)57(62)58-54(53-59)55(60)51-49-47-45-43-41-39-37-35-22-20-18-16-14-12-10-8-6-4-2/h22-24,26-27,35,41,43,49,51,54-56,59-61H,3-21,25,28-34,36-40,42,44-48,50,52-53H2,1-2H3,(H,58,62)/b24-23-,27-26-,35-22+,43-41+,51-49+. The Labute approximate surface area is 386 Å². The van der Waals surface area contributed by atoms with E-state index in [1.54, 1.807) is 6.08 Å². The number of amides is 1.